The molecular formula is C17H24ClF3N4O2. The van der Waals surface area contributed by atoms with Crippen molar-refractivity contribution in [1.82, 2.24) is 15.6 Å². The summed E-state index contributed by atoms with van der Waals surface area (Å²) in [5.74, 6) is -0.648. The number of carbonyl (C=O) groups excluding carboxylic acids is 2. The summed E-state index contributed by atoms with van der Waals surface area (Å²) < 4.78 is 37.7. The molecule has 0 atom stereocenters. The van der Waals surface area contributed by atoms with Crippen LogP contribution in [0, 0.1) is 5.92 Å². The van der Waals surface area contributed by atoms with E-state index in [1.807, 2.05) is 0 Å². The largest absolute Gasteiger partial charge is 0.417 e. The van der Waals surface area contributed by atoms with Gasteiger partial charge < -0.3 is 16.0 Å². The predicted molar refractivity (Wildman–Crippen MR) is 97.4 cm³/mol. The molecule has 0 saturated carbocycles. The molecule has 0 radical (unpaired) electrons. The molecule has 1 heterocycles. The summed E-state index contributed by atoms with van der Waals surface area (Å²) in [4.78, 5) is 27.5. The molecule has 1 aromatic heterocycles. The van der Waals surface area contributed by atoms with Gasteiger partial charge in [0.25, 0.3) is 0 Å². The van der Waals surface area contributed by atoms with Crippen LogP contribution in [-0.2, 0) is 15.8 Å². The van der Waals surface area contributed by atoms with E-state index < -0.39 is 17.3 Å². The molecule has 6 nitrogen and oxygen atoms in total. The van der Waals surface area contributed by atoms with Gasteiger partial charge in [-0.2, -0.15) is 13.2 Å². The number of amides is 2. The number of rotatable bonds is 8. The van der Waals surface area contributed by atoms with Crippen molar-refractivity contribution < 1.29 is 22.8 Å². The molecule has 2 amide bonds. The fourth-order valence-electron chi connectivity index (χ4n) is 1.95. The average molecular weight is 409 g/mol. The van der Waals surface area contributed by atoms with Crippen LogP contribution in [0.3, 0.4) is 0 Å². The van der Waals surface area contributed by atoms with Gasteiger partial charge in [0, 0.05) is 25.2 Å². The number of hydrogen-bond donors (Lipinski definition) is 3. The number of nitrogens with one attached hydrogen (secondary N) is 3. The van der Waals surface area contributed by atoms with Crippen molar-refractivity contribution in [3.8, 4) is 0 Å². The van der Waals surface area contributed by atoms with Gasteiger partial charge >= 0.3 is 6.18 Å². The fourth-order valence-corrected chi connectivity index (χ4v) is 2.18. The van der Waals surface area contributed by atoms with Crippen molar-refractivity contribution in [2.45, 2.75) is 45.8 Å². The first-order valence-corrected chi connectivity index (χ1v) is 8.79. The summed E-state index contributed by atoms with van der Waals surface area (Å²) in [6, 6.07) is 0.804. The molecule has 1 aromatic rings. The molecule has 0 aliphatic carbocycles. The second kappa shape index (κ2) is 9.25. The van der Waals surface area contributed by atoms with Crippen LogP contribution in [0.25, 0.3) is 0 Å². The first-order valence-electron chi connectivity index (χ1n) is 8.41. The van der Waals surface area contributed by atoms with Crippen LogP contribution in [-0.4, -0.2) is 35.4 Å². The first kappa shape index (κ1) is 23.0. The van der Waals surface area contributed by atoms with E-state index in [0.29, 0.717) is 25.7 Å². The Morgan fingerprint density at radius 1 is 1.22 bits per heavy atom. The number of alkyl halides is 3. The van der Waals surface area contributed by atoms with E-state index in [1.165, 1.54) is 0 Å². The highest BCUT2D eigenvalue weighted by atomic mass is 35.5. The Bertz CT molecular complexity index is 679. The standard InChI is InChI=1S/C17H24ClF3N4O2/c1-10(2)14(26)25-16(3,4)15(27)23-7-5-6-22-13-12(18)8-11(9-24-13)17(19,20)21/h8-10H,5-7H2,1-4H3,(H,22,24)(H,23,27)(H,25,26). The maximum Gasteiger partial charge on any atom is 0.417 e. The number of hydrogen-bond acceptors (Lipinski definition) is 4. The maximum atomic E-state index is 12.6. The summed E-state index contributed by atoms with van der Waals surface area (Å²) in [5, 5.41) is 8.05. The molecule has 3 N–H and O–H groups in total. The first-order chi connectivity index (χ1) is 12.3. The Labute approximate surface area is 161 Å². The summed E-state index contributed by atoms with van der Waals surface area (Å²) in [6.07, 6.45) is -3.31. The van der Waals surface area contributed by atoms with Gasteiger partial charge in [-0.25, -0.2) is 4.98 Å². The molecule has 10 heteroatoms. The van der Waals surface area contributed by atoms with E-state index >= 15 is 0 Å². The summed E-state index contributed by atoms with van der Waals surface area (Å²) in [7, 11) is 0. The average Bonchev–Trinajstić information content (AvgIpc) is 2.54. The van der Waals surface area contributed by atoms with Gasteiger partial charge in [0.1, 0.15) is 11.4 Å². The molecule has 0 bridgehead atoms. The topological polar surface area (TPSA) is 83.1 Å². The Morgan fingerprint density at radius 2 is 1.85 bits per heavy atom. The lowest BCUT2D eigenvalue weighted by Gasteiger charge is -2.26. The second-order valence-corrected chi connectivity index (χ2v) is 7.26. The van der Waals surface area contributed by atoms with Crippen LogP contribution in [0.2, 0.25) is 5.02 Å². The Hall–Kier alpha value is -2.03. The molecule has 0 spiro atoms. The third-order valence-corrected chi connectivity index (χ3v) is 3.92. The Balaban J connectivity index is 2.42. The van der Waals surface area contributed by atoms with Crippen LogP contribution in [0.4, 0.5) is 19.0 Å². The van der Waals surface area contributed by atoms with Gasteiger partial charge in [0.15, 0.2) is 0 Å². The molecule has 27 heavy (non-hydrogen) atoms. The summed E-state index contributed by atoms with van der Waals surface area (Å²) in [5.41, 5.74) is -1.97. The molecule has 0 aliphatic heterocycles. The molecule has 0 unspecified atom stereocenters. The number of aromatic nitrogens is 1. The smallest absolute Gasteiger partial charge is 0.369 e. The van der Waals surface area contributed by atoms with E-state index in [-0.39, 0.29) is 28.6 Å². The van der Waals surface area contributed by atoms with E-state index in [2.05, 4.69) is 20.9 Å². The quantitative estimate of drug-likeness (QED) is 0.577. The van der Waals surface area contributed by atoms with Gasteiger partial charge in [-0.1, -0.05) is 25.4 Å². The normalized spacial score (nSPS) is 12.0. The number of carbonyl (C=O) groups is 2. The lowest BCUT2D eigenvalue weighted by molar-refractivity contribution is -0.137. The molecule has 152 valence electrons. The van der Waals surface area contributed by atoms with Crippen LogP contribution in [0.1, 0.15) is 39.7 Å². The molecular weight excluding hydrogens is 385 g/mol. The highest BCUT2D eigenvalue weighted by molar-refractivity contribution is 6.32. The molecule has 0 fully saturated rings. The zero-order valence-corrected chi connectivity index (χ0v) is 16.4. The number of anilines is 1. The lowest BCUT2D eigenvalue weighted by atomic mass is 10.0. The highest BCUT2D eigenvalue weighted by Gasteiger charge is 2.32. The lowest BCUT2D eigenvalue weighted by Crippen LogP contribution is -2.55. The molecule has 0 aliphatic rings. The second-order valence-electron chi connectivity index (χ2n) is 6.86. The van der Waals surface area contributed by atoms with Crippen molar-refractivity contribution in [2.24, 2.45) is 5.92 Å². The van der Waals surface area contributed by atoms with E-state index in [9.17, 15) is 22.8 Å². The minimum Gasteiger partial charge on any atom is -0.369 e. The van der Waals surface area contributed by atoms with E-state index in [1.54, 1.807) is 27.7 Å². The van der Waals surface area contributed by atoms with Gasteiger partial charge in [-0.15, -0.1) is 0 Å². The van der Waals surface area contributed by atoms with Crippen molar-refractivity contribution in [3.05, 3.63) is 22.8 Å². The van der Waals surface area contributed by atoms with Gasteiger partial charge in [0.05, 0.1) is 10.6 Å². The Kier molecular flexibility index (Phi) is 7.89. The number of halogens is 4. The van der Waals surface area contributed by atoms with E-state index in [4.69, 9.17) is 11.6 Å². The van der Waals surface area contributed by atoms with Crippen LogP contribution < -0.4 is 16.0 Å². The molecule has 0 saturated heterocycles. The predicted octanol–water partition coefficient (Wildman–Crippen LogP) is 3.22. The Morgan fingerprint density at radius 3 is 2.37 bits per heavy atom. The zero-order valence-electron chi connectivity index (χ0n) is 15.6. The molecule has 1 rings (SSSR count). The number of pyridine rings is 1. The third-order valence-electron chi connectivity index (χ3n) is 3.63. The minimum atomic E-state index is -4.50. The molecule has 0 aromatic carbocycles. The van der Waals surface area contributed by atoms with Crippen molar-refractivity contribution in [2.75, 3.05) is 18.4 Å². The SMILES string of the molecule is CC(C)C(=O)NC(C)(C)C(=O)NCCCNc1ncc(C(F)(F)F)cc1Cl. The van der Waals surface area contributed by atoms with Gasteiger partial charge in [-0.05, 0) is 26.3 Å². The monoisotopic (exact) mass is 408 g/mol. The van der Waals surface area contributed by atoms with Crippen molar-refractivity contribution >= 4 is 29.2 Å². The van der Waals surface area contributed by atoms with Crippen LogP contribution in [0.15, 0.2) is 12.3 Å². The highest BCUT2D eigenvalue weighted by Crippen LogP contribution is 2.32. The fraction of sp³-hybridized carbons (Fsp3) is 0.588. The van der Waals surface area contributed by atoms with Crippen molar-refractivity contribution in [3.63, 3.8) is 0 Å². The van der Waals surface area contributed by atoms with E-state index in [0.717, 1.165) is 6.07 Å². The van der Waals surface area contributed by atoms with Crippen LogP contribution >= 0.6 is 11.6 Å². The zero-order chi connectivity index (χ0) is 20.8. The van der Waals surface area contributed by atoms with Gasteiger partial charge in [-0.3, -0.25) is 9.59 Å². The summed E-state index contributed by atoms with van der Waals surface area (Å²) in [6.45, 7) is 7.33. The van der Waals surface area contributed by atoms with Crippen molar-refractivity contribution in [1.29, 1.82) is 0 Å². The van der Waals surface area contributed by atoms with Crippen LogP contribution in [0.5, 0.6) is 0 Å². The summed E-state index contributed by atoms with van der Waals surface area (Å²) >= 11 is 5.80. The maximum absolute atomic E-state index is 12.6. The van der Waals surface area contributed by atoms with Gasteiger partial charge in [0.2, 0.25) is 11.8 Å². The third kappa shape index (κ3) is 7.24. The minimum absolute atomic E-state index is 0.133. The number of nitrogens with zero attached hydrogens (tertiary/aromatic N) is 1.